The number of hydrogen-bond donors (Lipinski definition) is 4. The topological polar surface area (TPSA) is 129 Å². The zero-order valence-electron chi connectivity index (χ0n) is 20.3. The minimum atomic E-state index is -4.04. The van der Waals surface area contributed by atoms with Crippen molar-refractivity contribution in [1.29, 1.82) is 0 Å². The number of urea groups is 2. The average Bonchev–Trinajstić information content (AvgIpc) is 3.54. The van der Waals surface area contributed by atoms with E-state index in [0.29, 0.717) is 18.7 Å². The number of hydrogen-bond acceptors (Lipinski definition) is 5. The van der Waals surface area contributed by atoms with Crippen molar-refractivity contribution in [2.45, 2.75) is 49.8 Å². The summed E-state index contributed by atoms with van der Waals surface area (Å²) in [5, 5.41) is 8.29. The quantitative estimate of drug-likeness (QED) is 0.376. The summed E-state index contributed by atoms with van der Waals surface area (Å²) in [6.07, 6.45) is 9.55. The second kappa shape index (κ2) is 10.6. The molecule has 10 heteroatoms. The minimum absolute atomic E-state index is 0.00259. The number of anilines is 2. The lowest BCUT2D eigenvalue weighted by Crippen LogP contribution is -2.35. The van der Waals surface area contributed by atoms with E-state index in [1.165, 1.54) is 23.3 Å². The molecule has 1 heterocycles. The standard InChI is InChI=1S/C27H29N5O4S/c33-26(30-21-6-3-14-28-17-21)29-15-13-18-9-11-22(12-10-18)37(35,36)32-27(34)31-25-23-7-1-4-19(23)16-20-5-2-8-24(20)25/h3,6,9-12,14,16-17H,1-2,4-5,7-8,13,15H2,(H2,29,30,33)(H2,31,32,34). The molecule has 0 aliphatic heterocycles. The third kappa shape index (κ3) is 5.75. The normalized spacial score (nSPS) is 13.9. The molecule has 0 bridgehead atoms. The molecule has 37 heavy (non-hydrogen) atoms. The number of nitrogens with zero attached hydrogens (tertiary/aromatic N) is 1. The lowest BCUT2D eigenvalue weighted by molar-refractivity contribution is 0.252. The van der Waals surface area contributed by atoms with E-state index >= 15 is 0 Å². The number of benzene rings is 2. The number of carbonyl (C=O) groups is 2. The van der Waals surface area contributed by atoms with Gasteiger partial charge in [0.2, 0.25) is 0 Å². The molecule has 2 aromatic carbocycles. The van der Waals surface area contributed by atoms with Crippen LogP contribution in [0.2, 0.25) is 0 Å². The Morgan fingerprint density at radius 2 is 1.57 bits per heavy atom. The first kappa shape index (κ1) is 24.8. The SMILES string of the molecule is O=C(NCCc1ccc(S(=O)(=O)NC(=O)Nc2c3c(cc4c2CCC4)CCC3)cc1)Nc1cccnc1. The van der Waals surface area contributed by atoms with Crippen molar-refractivity contribution >= 4 is 33.5 Å². The molecule has 0 spiro atoms. The third-order valence-corrected chi connectivity index (χ3v) is 8.14. The van der Waals surface area contributed by atoms with E-state index < -0.39 is 16.1 Å². The van der Waals surface area contributed by atoms with Crippen LogP contribution in [0.5, 0.6) is 0 Å². The van der Waals surface area contributed by atoms with Crippen LogP contribution in [-0.2, 0) is 42.1 Å². The van der Waals surface area contributed by atoms with Crippen LogP contribution in [-0.4, -0.2) is 32.0 Å². The third-order valence-electron chi connectivity index (χ3n) is 6.79. The summed E-state index contributed by atoms with van der Waals surface area (Å²) in [5.41, 5.74) is 7.04. The van der Waals surface area contributed by atoms with Crippen molar-refractivity contribution in [2.75, 3.05) is 17.2 Å². The summed E-state index contributed by atoms with van der Waals surface area (Å²) in [7, 11) is -4.04. The van der Waals surface area contributed by atoms with Gasteiger partial charge in [-0.3, -0.25) is 4.98 Å². The van der Waals surface area contributed by atoms with Crippen LogP contribution in [0.3, 0.4) is 0 Å². The first-order valence-electron chi connectivity index (χ1n) is 12.4. The van der Waals surface area contributed by atoms with Crippen LogP contribution in [0, 0.1) is 0 Å². The van der Waals surface area contributed by atoms with Gasteiger partial charge in [0.15, 0.2) is 0 Å². The lowest BCUT2D eigenvalue weighted by Gasteiger charge is -2.16. The Morgan fingerprint density at radius 1 is 0.865 bits per heavy atom. The van der Waals surface area contributed by atoms with Gasteiger partial charge < -0.3 is 16.0 Å². The Labute approximate surface area is 216 Å². The van der Waals surface area contributed by atoms with E-state index in [-0.39, 0.29) is 10.9 Å². The molecule has 0 unspecified atom stereocenters. The van der Waals surface area contributed by atoms with Crippen molar-refractivity contribution in [3.63, 3.8) is 0 Å². The van der Waals surface area contributed by atoms with Gasteiger partial charge in [0.05, 0.1) is 16.8 Å². The largest absolute Gasteiger partial charge is 0.338 e. The Balaban J connectivity index is 1.16. The van der Waals surface area contributed by atoms with Crippen molar-refractivity contribution in [2.24, 2.45) is 0 Å². The van der Waals surface area contributed by atoms with Crippen molar-refractivity contribution < 1.29 is 18.0 Å². The van der Waals surface area contributed by atoms with Gasteiger partial charge in [-0.1, -0.05) is 18.2 Å². The zero-order valence-corrected chi connectivity index (χ0v) is 21.2. The molecule has 2 aliphatic rings. The van der Waals surface area contributed by atoms with E-state index in [0.717, 1.165) is 60.9 Å². The number of pyridine rings is 1. The molecule has 0 radical (unpaired) electrons. The van der Waals surface area contributed by atoms with Crippen LogP contribution in [0.15, 0.2) is 59.8 Å². The van der Waals surface area contributed by atoms with E-state index in [2.05, 4.69) is 31.7 Å². The molecule has 5 rings (SSSR count). The molecule has 0 saturated carbocycles. The summed E-state index contributed by atoms with van der Waals surface area (Å²) >= 11 is 0. The van der Waals surface area contributed by atoms with Crippen molar-refractivity contribution in [3.8, 4) is 0 Å². The Bertz CT molecular complexity index is 1390. The van der Waals surface area contributed by atoms with Crippen LogP contribution in [0.25, 0.3) is 0 Å². The molecule has 1 aromatic heterocycles. The van der Waals surface area contributed by atoms with Gasteiger partial charge in [-0.05, 0) is 97.0 Å². The van der Waals surface area contributed by atoms with Crippen molar-refractivity contribution in [1.82, 2.24) is 15.0 Å². The van der Waals surface area contributed by atoms with Gasteiger partial charge in [-0.25, -0.2) is 22.7 Å². The number of amides is 4. The monoisotopic (exact) mass is 519 g/mol. The smallest absolute Gasteiger partial charge is 0.333 e. The van der Waals surface area contributed by atoms with Gasteiger partial charge in [-0.2, -0.15) is 0 Å². The first-order valence-corrected chi connectivity index (χ1v) is 13.9. The molecule has 0 atom stereocenters. The van der Waals surface area contributed by atoms with E-state index in [1.807, 2.05) is 0 Å². The number of sulfonamides is 1. The summed E-state index contributed by atoms with van der Waals surface area (Å²) in [6.45, 7) is 0.366. The van der Waals surface area contributed by atoms with Gasteiger partial charge in [0.1, 0.15) is 0 Å². The molecular formula is C27H29N5O4S. The minimum Gasteiger partial charge on any atom is -0.338 e. The molecule has 0 saturated heterocycles. The van der Waals surface area contributed by atoms with Gasteiger partial charge in [0.25, 0.3) is 10.0 Å². The van der Waals surface area contributed by atoms with E-state index in [9.17, 15) is 18.0 Å². The van der Waals surface area contributed by atoms with Gasteiger partial charge in [0, 0.05) is 18.4 Å². The Kier molecular flexibility index (Phi) is 7.09. The predicted molar refractivity (Wildman–Crippen MR) is 141 cm³/mol. The number of nitrogens with one attached hydrogen (secondary N) is 4. The molecule has 2 aliphatic carbocycles. The fourth-order valence-corrected chi connectivity index (χ4v) is 5.96. The number of aryl methyl sites for hydroxylation is 2. The predicted octanol–water partition coefficient (Wildman–Crippen LogP) is 3.93. The maximum absolute atomic E-state index is 12.8. The summed E-state index contributed by atoms with van der Waals surface area (Å²) in [6, 6.07) is 10.9. The summed E-state index contributed by atoms with van der Waals surface area (Å²) in [5.74, 6) is 0. The molecule has 192 valence electrons. The van der Waals surface area contributed by atoms with Gasteiger partial charge in [-0.15, -0.1) is 0 Å². The van der Waals surface area contributed by atoms with Gasteiger partial charge >= 0.3 is 12.1 Å². The van der Waals surface area contributed by atoms with E-state index in [1.54, 1.807) is 36.7 Å². The summed E-state index contributed by atoms with van der Waals surface area (Å²) in [4.78, 5) is 28.7. The van der Waals surface area contributed by atoms with Crippen molar-refractivity contribution in [3.05, 3.63) is 82.7 Å². The Hall–Kier alpha value is -3.92. The number of aromatic nitrogens is 1. The molecule has 0 fully saturated rings. The molecular weight excluding hydrogens is 490 g/mol. The fraction of sp³-hybridized carbons (Fsp3) is 0.296. The summed E-state index contributed by atoms with van der Waals surface area (Å²) < 4.78 is 27.8. The highest BCUT2D eigenvalue weighted by molar-refractivity contribution is 7.90. The Morgan fingerprint density at radius 3 is 2.22 bits per heavy atom. The number of carbonyl (C=O) groups excluding carboxylic acids is 2. The number of fused-ring (bicyclic) bond motifs is 2. The van der Waals surface area contributed by atoms with Crippen LogP contribution < -0.4 is 20.7 Å². The average molecular weight is 520 g/mol. The second-order valence-electron chi connectivity index (χ2n) is 9.31. The fourth-order valence-electron chi connectivity index (χ4n) is 5.05. The molecule has 9 nitrogen and oxygen atoms in total. The van der Waals surface area contributed by atoms with Crippen LogP contribution >= 0.6 is 0 Å². The highest BCUT2D eigenvalue weighted by atomic mass is 32.2. The highest BCUT2D eigenvalue weighted by Crippen LogP contribution is 2.38. The van der Waals surface area contributed by atoms with Crippen LogP contribution in [0.4, 0.5) is 21.0 Å². The zero-order chi connectivity index (χ0) is 25.8. The highest BCUT2D eigenvalue weighted by Gasteiger charge is 2.26. The van der Waals surface area contributed by atoms with E-state index in [4.69, 9.17) is 0 Å². The second-order valence-corrected chi connectivity index (χ2v) is 11.0. The lowest BCUT2D eigenvalue weighted by atomic mass is 9.99. The maximum Gasteiger partial charge on any atom is 0.333 e. The maximum atomic E-state index is 12.8. The molecule has 3 aromatic rings. The first-order chi connectivity index (χ1) is 17.9. The molecule has 4 amide bonds. The molecule has 4 N–H and O–H groups in total. The number of rotatable bonds is 7. The van der Waals surface area contributed by atoms with Crippen LogP contribution in [0.1, 0.15) is 40.7 Å².